The molecule has 0 amide bonds. The Hall–Kier alpha value is -0.830. The molecule has 4 unspecified atom stereocenters. The van der Waals surface area contributed by atoms with Crippen LogP contribution in [0.3, 0.4) is 0 Å². The van der Waals surface area contributed by atoms with Gasteiger partial charge in [-0.25, -0.2) is 4.98 Å². The number of rotatable bonds is 3. The lowest BCUT2D eigenvalue weighted by atomic mass is 9.69. The molecule has 0 radical (unpaired) electrons. The minimum Gasteiger partial charge on any atom is -0.337 e. The van der Waals surface area contributed by atoms with Crippen molar-refractivity contribution in [1.29, 1.82) is 0 Å². The van der Waals surface area contributed by atoms with E-state index in [2.05, 4.69) is 49.6 Å². The number of hydrogen-bond acceptors (Lipinski definition) is 2. The van der Waals surface area contributed by atoms with Crippen LogP contribution in [-0.2, 0) is 7.05 Å². The quantitative estimate of drug-likeness (QED) is 0.905. The molecule has 1 heterocycles. The largest absolute Gasteiger partial charge is 0.337 e. The lowest BCUT2D eigenvalue weighted by molar-refractivity contribution is 0.115. The van der Waals surface area contributed by atoms with Gasteiger partial charge < -0.3 is 9.88 Å². The van der Waals surface area contributed by atoms with Crippen LogP contribution in [0.2, 0.25) is 0 Å². The molecule has 0 aromatic carbocycles. The van der Waals surface area contributed by atoms with Gasteiger partial charge in [0.05, 0.1) is 6.04 Å². The molecule has 4 atom stereocenters. The Morgan fingerprint density at radius 3 is 2.63 bits per heavy atom. The van der Waals surface area contributed by atoms with Crippen molar-refractivity contribution in [3.05, 3.63) is 18.2 Å². The van der Waals surface area contributed by atoms with E-state index in [1.54, 1.807) is 0 Å². The molecule has 1 N–H and O–H groups in total. The summed E-state index contributed by atoms with van der Waals surface area (Å²) in [5.41, 5.74) is 0.920. The van der Waals surface area contributed by atoms with Crippen molar-refractivity contribution in [1.82, 2.24) is 14.9 Å². The van der Waals surface area contributed by atoms with Crippen LogP contribution in [0, 0.1) is 16.7 Å². The first-order valence-electron chi connectivity index (χ1n) is 7.59. The summed E-state index contributed by atoms with van der Waals surface area (Å²) in [4.78, 5) is 4.48. The van der Waals surface area contributed by atoms with Crippen molar-refractivity contribution >= 4 is 0 Å². The van der Waals surface area contributed by atoms with E-state index >= 15 is 0 Å². The van der Waals surface area contributed by atoms with Crippen molar-refractivity contribution in [2.75, 3.05) is 0 Å². The van der Waals surface area contributed by atoms with Crippen molar-refractivity contribution in [3.63, 3.8) is 0 Å². The molecule has 0 saturated heterocycles. The second-order valence-electron chi connectivity index (χ2n) is 7.45. The van der Waals surface area contributed by atoms with Crippen LogP contribution >= 0.6 is 0 Å². The molecule has 1 aromatic heterocycles. The third-order valence-corrected chi connectivity index (χ3v) is 6.49. The fraction of sp³-hybridized carbons (Fsp3) is 0.812. The standard InChI is InChI=1S/C16H27N3/c1-11(14-17-8-9-19(14)5)18-13-10-12-6-7-16(13,4)15(12,2)3/h8-9,11-13,18H,6-7,10H2,1-5H3. The first-order valence-corrected chi connectivity index (χ1v) is 7.59. The summed E-state index contributed by atoms with van der Waals surface area (Å²) in [7, 11) is 2.08. The average molecular weight is 261 g/mol. The number of hydrogen-bond donors (Lipinski definition) is 1. The van der Waals surface area contributed by atoms with E-state index in [0.717, 1.165) is 11.7 Å². The molecule has 3 nitrogen and oxygen atoms in total. The lowest BCUT2D eigenvalue weighted by Crippen LogP contribution is -2.45. The number of aromatic nitrogens is 2. The van der Waals surface area contributed by atoms with Crippen LogP contribution < -0.4 is 5.32 Å². The highest BCUT2D eigenvalue weighted by Crippen LogP contribution is 2.65. The molecule has 19 heavy (non-hydrogen) atoms. The van der Waals surface area contributed by atoms with Gasteiger partial charge in [-0.3, -0.25) is 0 Å². The predicted molar refractivity (Wildman–Crippen MR) is 77.8 cm³/mol. The van der Waals surface area contributed by atoms with Gasteiger partial charge in [-0.1, -0.05) is 20.8 Å². The SMILES string of the molecule is CC(NC1CC2CCC1(C)C2(C)C)c1nccn1C. The molecule has 106 valence electrons. The molecular formula is C16H27N3. The second kappa shape index (κ2) is 4.08. The molecule has 2 aliphatic rings. The summed E-state index contributed by atoms with van der Waals surface area (Å²) in [6, 6.07) is 0.963. The van der Waals surface area contributed by atoms with E-state index in [-0.39, 0.29) is 0 Å². The Morgan fingerprint density at radius 1 is 1.42 bits per heavy atom. The molecule has 3 rings (SSSR count). The van der Waals surface area contributed by atoms with Gasteiger partial charge in [-0.2, -0.15) is 0 Å². The van der Waals surface area contributed by atoms with E-state index in [1.165, 1.54) is 19.3 Å². The monoisotopic (exact) mass is 261 g/mol. The number of imidazole rings is 1. The van der Waals surface area contributed by atoms with Gasteiger partial charge >= 0.3 is 0 Å². The zero-order valence-corrected chi connectivity index (χ0v) is 12.9. The number of aryl methyl sites for hydroxylation is 1. The van der Waals surface area contributed by atoms with E-state index < -0.39 is 0 Å². The summed E-state index contributed by atoms with van der Waals surface area (Å²) in [5, 5.41) is 3.87. The van der Waals surface area contributed by atoms with E-state index in [0.29, 0.717) is 22.9 Å². The van der Waals surface area contributed by atoms with Crippen molar-refractivity contribution in [2.45, 2.75) is 59.0 Å². The zero-order valence-electron chi connectivity index (χ0n) is 12.9. The van der Waals surface area contributed by atoms with Crippen LogP contribution in [0.25, 0.3) is 0 Å². The molecule has 1 aromatic rings. The Labute approximate surface area is 116 Å². The van der Waals surface area contributed by atoms with Crippen molar-refractivity contribution in [2.24, 2.45) is 23.8 Å². The smallest absolute Gasteiger partial charge is 0.125 e. The molecule has 0 aliphatic heterocycles. The first-order chi connectivity index (χ1) is 8.86. The number of nitrogens with one attached hydrogen (secondary N) is 1. The highest BCUT2D eigenvalue weighted by molar-refractivity contribution is 5.14. The molecule has 0 spiro atoms. The summed E-state index contributed by atoms with van der Waals surface area (Å²) >= 11 is 0. The van der Waals surface area contributed by atoms with Gasteiger partial charge in [0.25, 0.3) is 0 Å². The minimum atomic E-state index is 0.331. The maximum Gasteiger partial charge on any atom is 0.125 e. The third-order valence-electron chi connectivity index (χ3n) is 6.49. The Kier molecular flexibility index (Phi) is 2.83. The topological polar surface area (TPSA) is 29.9 Å². The van der Waals surface area contributed by atoms with E-state index in [9.17, 15) is 0 Å². The maximum absolute atomic E-state index is 4.48. The van der Waals surface area contributed by atoms with Gasteiger partial charge in [0.1, 0.15) is 5.82 Å². The molecular weight excluding hydrogens is 234 g/mol. The molecule has 2 saturated carbocycles. The fourth-order valence-corrected chi connectivity index (χ4v) is 4.63. The Morgan fingerprint density at radius 2 is 2.16 bits per heavy atom. The Balaban J connectivity index is 1.77. The van der Waals surface area contributed by atoms with Crippen LogP contribution in [0.5, 0.6) is 0 Å². The van der Waals surface area contributed by atoms with Gasteiger partial charge in [0.15, 0.2) is 0 Å². The van der Waals surface area contributed by atoms with Crippen molar-refractivity contribution in [3.8, 4) is 0 Å². The van der Waals surface area contributed by atoms with Gasteiger partial charge in [-0.05, 0) is 42.9 Å². The lowest BCUT2D eigenvalue weighted by Gasteiger charge is -2.40. The Bertz CT molecular complexity index is 476. The van der Waals surface area contributed by atoms with Crippen LogP contribution in [0.4, 0.5) is 0 Å². The summed E-state index contributed by atoms with van der Waals surface area (Å²) in [5.74, 6) is 2.03. The minimum absolute atomic E-state index is 0.331. The number of nitrogens with zero attached hydrogens (tertiary/aromatic N) is 2. The van der Waals surface area contributed by atoms with Crippen LogP contribution in [0.15, 0.2) is 12.4 Å². The van der Waals surface area contributed by atoms with Crippen LogP contribution in [-0.4, -0.2) is 15.6 Å². The number of fused-ring (bicyclic) bond motifs is 2. The zero-order chi connectivity index (χ0) is 13.8. The fourth-order valence-electron chi connectivity index (χ4n) is 4.63. The predicted octanol–water partition coefficient (Wildman–Crippen LogP) is 3.29. The average Bonchev–Trinajstić information content (AvgIpc) is 2.90. The summed E-state index contributed by atoms with van der Waals surface area (Å²) in [6.45, 7) is 9.67. The second-order valence-corrected chi connectivity index (χ2v) is 7.45. The molecule has 2 aliphatic carbocycles. The normalized spacial score (nSPS) is 37.7. The highest BCUT2D eigenvalue weighted by atomic mass is 15.1. The van der Waals surface area contributed by atoms with Gasteiger partial charge in [0, 0.05) is 25.5 Å². The van der Waals surface area contributed by atoms with E-state index in [1.807, 2.05) is 12.4 Å². The van der Waals surface area contributed by atoms with Crippen LogP contribution in [0.1, 0.15) is 58.8 Å². The highest BCUT2D eigenvalue weighted by Gasteiger charge is 2.61. The maximum atomic E-state index is 4.48. The van der Waals surface area contributed by atoms with Gasteiger partial charge in [0.2, 0.25) is 0 Å². The summed E-state index contributed by atoms with van der Waals surface area (Å²) in [6.07, 6.45) is 8.03. The van der Waals surface area contributed by atoms with E-state index in [4.69, 9.17) is 0 Å². The first kappa shape index (κ1) is 13.2. The van der Waals surface area contributed by atoms with Crippen molar-refractivity contribution < 1.29 is 0 Å². The molecule has 3 heteroatoms. The summed E-state index contributed by atoms with van der Waals surface area (Å²) < 4.78 is 2.12. The molecule has 2 fully saturated rings. The third kappa shape index (κ3) is 1.70. The molecule has 2 bridgehead atoms. The van der Waals surface area contributed by atoms with Gasteiger partial charge in [-0.15, -0.1) is 0 Å².